The molecule has 8 heteroatoms. The zero-order chi connectivity index (χ0) is 18.1. The number of hydrogen-bond acceptors (Lipinski definition) is 5. The number of aromatic amines is 2. The second-order valence-electron chi connectivity index (χ2n) is 5.61. The lowest BCUT2D eigenvalue weighted by molar-refractivity contribution is 0.167. The Labute approximate surface area is 147 Å². The topological polar surface area (TPSA) is 113 Å². The smallest absolute Gasteiger partial charge is 0.413 e. The van der Waals surface area contributed by atoms with Gasteiger partial charge in [-0.15, -0.1) is 0 Å². The van der Waals surface area contributed by atoms with Gasteiger partial charge in [0.2, 0.25) is 5.95 Å². The van der Waals surface area contributed by atoms with Gasteiger partial charge in [-0.05, 0) is 25.1 Å². The van der Waals surface area contributed by atoms with Crippen LogP contribution in [0.1, 0.15) is 6.92 Å². The molecule has 2 aromatic heterocycles. The van der Waals surface area contributed by atoms with Crippen molar-refractivity contribution >= 4 is 33.8 Å². The minimum Gasteiger partial charge on any atom is -0.450 e. The monoisotopic (exact) mass is 349 g/mol. The minimum atomic E-state index is -0.569. The summed E-state index contributed by atoms with van der Waals surface area (Å²) < 4.78 is 4.84. The first kappa shape index (κ1) is 15.8. The van der Waals surface area contributed by atoms with Gasteiger partial charge in [-0.25, -0.2) is 14.9 Å². The Morgan fingerprint density at radius 1 is 1.19 bits per heavy atom. The van der Waals surface area contributed by atoms with Crippen LogP contribution < -0.4 is 10.9 Å². The number of nitrogens with zero attached hydrogens (tertiary/aromatic N) is 2. The number of imidazole rings is 1. The number of nitrogens with one attached hydrogen (secondary N) is 3. The fourth-order valence-corrected chi connectivity index (χ4v) is 2.81. The fraction of sp³-hybridized carbons (Fsp3) is 0.111. The maximum atomic E-state index is 11.9. The molecule has 0 aliphatic rings. The Hall–Kier alpha value is -3.68. The van der Waals surface area contributed by atoms with Crippen LogP contribution in [-0.2, 0) is 4.74 Å². The second kappa shape index (κ2) is 6.32. The zero-order valence-corrected chi connectivity index (χ0v) is 13.9. The molecule has 0 aliphatic heterocycles. The number of amides is 1. The number of H-pyrrole nitrogens is 2. The number of carbonyl (C=O) groups is 1. The highest BCUT2D eigenvalue weighted by molar-refractivity contribution is 5.96. The van der Waals surface area contributed by atoms with Crippen molar-refractivity contribution in [2.45, 2.75) is 6.92 Å². The highest BCUT2D eigenvalue weighted by atomic mass is 16.5. The van der Waals surface area contributed by atoms with Crippen LogP contribution in [0.4, 0.5) is 10.7 Å². The largest absolute Gasteiger partial charge is 0.450 e. The van der Waals surface area contributed by atoms with Gasteiger partial charge in [-0.2, -0.15) is 5.10 Å². The molecule has 0 atom stereocenters. The lowest BCUT2D eigenvalue weighted by Crippen LogP contribution is -2.14. The molecule has 130 valence electrons. The van der Waals surface area contributed by atoms with Gasteiger partial charge >= 0.3 is 6.09 Å². The fourth-order valence-electron chi connectivity index (χ4n) is 2.81. The Bertz CT molecular complexity index is 1180. The summed E-state index contributed by atoms with van der Waals surface area (Å²) in [6, 6.07) is 12.8. The molecule has 0 saturated carbocycles. The van der Waals surface area contributed by atoms with Crippen molar-refractivity contribution in [3.63, 3.8) is 0 Å². The third kappa shape index (κ3) is 2.77. The van der Waals surface area contributed by atoms with Crippen LogP contribution in [0.2, 0.25) is 0 Å². The first-order valence-corrected chi connectivity index (χ1v) is 8.07. The first-order chi connectivity index (χ1) is 12.7. The maximum absolute atomic E-state index is 11.9. The van der Waals surface area contributed by atoms with Crippen molar-refractivity contribution in [1.82, 2.24) is 20.2 Å². The number of ether oxygens (including phenoxy) is 1. The van der Waals surface area contributed by atoms with Gasteiger partial charge in [0.05, 0.1) is 28.7 Å². The standard InChI is InChI=1S/C18H15N5O3/c1-2-26-18(25)21-17-19-13-8-7-10(9-14(13)20-17)15-11-5-3-4-6-12(11)16(24)23-22-15/h3-9H,2H2,1H3,(H,23,24)(H2,19,20,21,25). The van der Waals surface area contributed by atoms with E-state index in [1.165, 1.54) is 0 Å². The van der Waals surface area contributed by atoms with Crippen LogP contribution in [-0.4, -0.2) is 32.9 Å². The van der Waals surface area contributed by atoms with E-state index in [4.69, 9.17) is 4.74 Å². The Morgan fingerprint density at radius 3 is 2.81 bits per heavy atom. The minimum absolute atomic E-state index is 0.229. The maximum Gasteiger partial charge on any atom is 0.413 e. The van der Waals surface area contributed by atoms with E-state index in [1.807, 2.05) is 36.4 Å². The predicted molar refractivity (Wildman–Crippen MR) is 98.1 cm³/mol. The number of hydrogen-bond donors (Lipinski definition) is 3. The van der Waals surface area contributed by atoms with E-state index in [9.17, 15) is 9.59 Å². The molecule has 0 spiro atoms. The predicted octanol–water partition coefficient (Wildman–Crippen LogP) is 3.03. The number of rotatable bonds is 3. The normalized spacial score (nSPS) is 11.0. The first-order valence-electron chi connectivity index (χ1n) is 8.07. The highest BCUT2D eigenvalue weighted by Gasteiger charge is 2.11. The third-order valence-corrected chi connectivity index (χ3v) is 3.95. The molecule has 0 aliphatic carbocycles. The molecule has 0 saturated heterocycles. The van der Waals surface area contributed by atoms with Gasteiger partial charge < -0.3 is 9.72 Å². The van der Waals surface area contributed by atoms with Crippen molar-refractivity contribution in [3.8, 4) is 11.3 Å². The number of anilines is 1. The van der Waals surface area contributed by atoms with Crippen LogP contribution >= 0.6 is 0 Å². The van der Waals surface area contributed by atoms with Gasteiger partial charge in [-0.3, -0.25) is 10.1 Å². The molecule has 1 amide bonds. The molecule has 0 radical (unpaired) electrons. The van der Waals surface area contributed by atoms with Crippen LogP contribution in [0, 0.1) is 0 Å². The molecule has 0 bridgehead atoms. The summed E-state index contributed by atoms with van der Waals surface area (Å²) >= 11 is 0. The van der Waals surface area contributed by atoms with Crippen LogP contribution in [0.15, 0.2) is 47.3 Å². The molecule has 0 fully saturated rings. The van der Waals surface area contributed by atoms with Crippen LogP contribution in [0.3, 0.4) is 0 Å². The molecule has 2 aromatic carbocycles. The molecule has 0 unspecified atom stereocenters. The summed E-state index contributed by atoms with van der Waals surface area (Å²) in [4.78, 5) is 30.8. The number of aromatic nitrogens is 4. The van der Waals surface area contributed by atoms with E-state index >= 15 is 0 Å². The highest BCUT2D eigenvalue weighted by Crippen LogP contribution is 2.27. The number of fused-ring (bicyclic) bond motifs is 2. The molecule has 3 N–H and O–H groups in total. The third-order valence-electron chi connectivity index (χ3n) is 3.95. The number of carbonyl (C=O) groups excluding carboxylic acids is 1. The molecular formula is C18H15N5O3. The van der Waals surface area contributed by atoms with Gasteiger partial charge in [0, 0.05) is 10.9 Å². The summed E-state index contributed by atoms with van der Waals surface area (Å²) in [7, 11) is 0. The van der Waals surface area contributed by atoms with Crippen LogP contribution in [0.25, 0.3) is 33.1 Å². The average molecular weight is 349 g/mol. The SMILES string of the molecule is CCOC(=O)Nc1nc2ccc(-c3n[nH]c(=O)c4ccccc34)cc2[nH]1. The molecular weight excluding hydrogens is 334 g/mol. The average Bonchev–Trinajstić information content (AvgIpc) is 3.03. The van der Waals surface area contributed by atoms with Crippen molar-refractivity contribution in [3.05, 3.63) is 52.8 Å². The Kier molecular flexibility index (Phi) is 3.85. The van der Waals surface area contributed by atoms with E-state index in [0.717, 1.165) is 16.5 Å². The van der Waals surface area contributed by atoms with E-state index in [0.29, 0.717) is 22.5 Å². The quantitative estimate of drug-likeness (QED) is 0.526. The van der Waals surface area contributed by atoms with Crippen molar-refractivity contribution in [2.75, 3.05) is 11.9 Å². The lowest BCUT2D eigenvalue weighted by Gasteiger charge is -2.04. The van der Waals surface area contributed by atoms with Gasteiger partial charge in [0.25, 0.3) is 5.56 Å². The summed E-state index contributed by atoms with van der Waals surface area (Å²) in [5.74, 6) is 0.301. The molecule has 26 heavy (non-hydrogen) atoms. The second-order valence-corrected chi connectivity index (χ2v) is 5.61. The molecule has 2 heterocycles. The summed E-state index contributed by atoms with van der Waals surface area (Å²) in [5, 5.41) is 10.6. The zero-order valence-electron chi connectivity index (χ0n) is 13.9. The molecule has 8 nitrogen and oxygen atoms in total. The van der Waals surface area contributed by atoms with E-state index in [1.54, 1.807) is 13.0 Å². The Morgan fingerprint density at radius 2 is 2.00 bits per heavy atom. The summed E-state index contributed by atoms with van der Waals surface area (Å²) in [6.07, 6.45) is -0.569. The number of benzene rings is 2. The molecule has 4 aromatic rings. The van der Waals surface area contributed by atoms with E-state index < -0.39 is 6.09 Å². The van der Waals surface area contributed by atoms with E-state index in [-0.39, 0.29) is 12.2 Å². The van der Waals surface area contributed by atoms with Crippen molar-refractivity contribution in [1.29, 1.82) is 0 Å². The molecule has 4 rings (SSSR count). The summed E-state index contributed by atoms with van der Waals surface area (Å²) in [6.45, 7) is 2.01. The van der Waals surface area contributed by atoms with Crippen LogP contribution in [0.5, 0.6) is 0 Å². The van der Waals surface area contributed by atoms with Gasteiger partial charge in [-0.1, -0.05) is 24.3 Å². The van der Waals surface area contributed by atoms with Crippen molar-refractivity contribution < 1.29 is 9.53 Å². The lowest BCUT2D eigenvalue weighted by atomic mass is 10.0. The van der Waals surface area contributed by atoms with Gasteiger partial charge in [0.1, 0.15) is 0 Å². The van der Waals surface area contributed by atoms with Crippen molar-refractivity contribution in [2.24, 2.45) is 0 Å². The summed E-state index contributed by atoms with van der Waals surface area (Å²) in [5.41, 5.74) is 2.67. The van der Waals surface area contributed by atoms with Gasteiger partial charge in [0.15, 0.2) is 0 Å². The van der Waals surface area contributed by atoms with E-state index in [2.05, 4.69) is 25.5 Å². The Balaban J connectivity index is 1.78.